The van der Waals surface area contributed by atoms with Crippen LogP contribution in [0.25, 0.3) is 0 Å². The largest absolute Gasteiger partial charge is 0.494 e. The summed E-state index contributed by atoms with van der Waals surface area (Å²) in [5.74, 6) is 0.221. The summed E-state index contributed by atoms with van der Waals surface area (Å²) in [6.07, 6.45) is 0. The van der Waals surface area contributed by atoms with Crippen LogP contribution in [0.1, 0.15) is 27.9 Å². The number of anilines is 1. The Kier molecular flexibility index (Phi) is 6.67. The van der Waals surface area contributed by atoms with Crippen LogP contribution in [0.2, 0.25) is 0 Å². The molecule has 1 amide bonds. The van der Waals surface area contributed by atoms with Gasteiger partial charge in [0.05, 0.1) is 18.0 Å². The maximum absolute atomic E-state index is 13.4. The highest BCUT2D eigenvalue weighted by atomic mass is 32.2. The summed E-state index contributed by atoms with van der Waals surface area (Å²) in [5.41, 5.74) is 1.60. The first-order chi connectivity index (χ1) is 15.9. The molecule has 2 aromatic heterocycles. The van der Waals surface area contributed by atoms with Crippen molar-refractivity contribution >= 4 is 32.8 Å². The van der Waals surface area contributed by atoms with Crippen molar-refractivity contribution in [1.29, 1.82) is 0 Å². The van der Waals surface area contributed by atoms with Crippen molar-refractivity contribution in [2.75, 3.05) is 11.5 Å². The van der Waals surface area contributed by atoms with Crippen LogP contribution in [-0.4, -0.2) is 20.9 Å². The molecular weight excluding hydrogens is 458 g/mol. The van der Waals surface area contributed by atoms with Gasteiger partial charge in [-0.15, -0.1) is 11.3 Å². The number of amides is 1. The van der Waals surface area contributed by atoms with Gasteiger partial charge in [0, 0.05) is 10.6 Å². The molecule has 4 aromatic rings. The van der Waals surface area contributed by atoms with Crippen molar-refractivity contribution in [3.63, 3.8) is 0 Å². The topological polar surface area (TPSA) is 76.8 Å². The summed E-state index contributed by atoms with van der Waals surface area (Å²) >= 11 is 1.53. The molecule has 33 heavy (non-hydrogen) atoms. The first kappa shape index (κ1) is 22.8. The number of furan rings is 1. The van der Waals surface area contributed by atoms with Crippen molar-refractivity contribution in [1.82, 2.24) is 0 Å². The van der Waals surface area contributed by atoms with Crippen LogP contribution in [0.4, 0.5) is 5.69 Å². The van der Waals surface area contributed by atoms with Gasteiger partial charge < -0.3 is 14.1 Å². The van der Waals surface area contributed by atoms with Crippen LogP contribution in [-0.2, 0) is 16.4 Å². The lowest BCUT2D eigenvalue weighted by Gasteiger charge is -2.21. The smallest absolute Gasteiger partial charge is 0.294 e. The maximum Gasteiger partial charge on any atom is 0.294 e. The molecule has 0 bridgehead atoms. The van der Waals surface area contributed by atoms with Gasteiger partial charge in [-0.25, -0.2) is 8.42 Å². The van der Waals surface area contributed by atoms with Gasteiger partial charge in [-0.1, -0.05) is 23.8 Å². The second-order valence-electron chi connectivity index (χ2n) is 7.33. The number of carbonyl (C=O) groups excluding carboxylic acids is 1. The summed E-state index contributed by atoms with van der Waals surface area (Å²) in [6.45, 7) is 4.65. The van der Waals surface area contributed by atoms with E-state index in [1.807, 2.05) is 31.4 Å². The molecule has 0 radical (unpaired) electrons. The second-order valence-corrected chi connectivity index (χ2v) is 10.2. The zero-order valence-electron chi connectivity index (χ0n) is 18.2. The zero-order chi connectivity index (χ0) is 23.4. The fourth-order valence-corrected chi connectivity index (χ4v) is 5.14. The fraction of sp³-hybridized carbons (Fsp3) is 0.160. The van der Waals surface area contributed by atoms with E-state index in [-0.39, 0.29) is 15.7 Å². The average Bonchev–Trinajstić information content (AvgIpc) is 3.51. The van der Waals surface area contributed by atoms with Gasteiger partial charge in [-0.05, 0) is 73.8 Å². The number of aryl methyl sites for hydroxylation is 1. The minimum absolute atomic E-state index is 0.0499. The quantitative estimate of drug-likeness (QED) is 0.321. The first-order valence-electron chi connectivity index (χ1n) is 10.4. The van der Waals surface area contributed by atoms with Gasteiger partial charge in [0.1, 0.15) is 5.75 Å². The number of rotatable bonds is 8. The van der Waals surface area contributed by atoms with Crippen LogP contribution >= 0.6 is 11.3 Å². The standard InChI is InChI=1S/C25H23NO5S2/c1-3-30-20-10-8-19(9-11-20)26(17-21-5-4-16-32-21)25(27)23-14-15-24(31-23)33(28,29)22-12-6-18(2)7-13-22/h4-16H,3,17H2,1-2H3. The van der Waals surface area contributed by atoms with E-state index in [1.165, 1.54) is 35.6 Å². The molecule has 2 heterocycles. The predicted molar refractivity (Wildman–Crippen MR) is 128 cm³/mol. The Balaban J connectivity index is 1.65. The van der Waals surface area contributed by atoms with Crippen molar-refractivity contribution in [2.24, 2.45) is 0 Å². The molecule has 0 aliphatic carbocycles. The van der Waals surface area contributed by atoms with Crippen molar-refractivity contribution in [3.05, 3.63) is 94.4 Å². The highest BCUT2D eigenvalue weighted by molar-refractivity contribution is 7.91. The summed E-state index contributed by atoms with van der Waals surface area (Å²) in [4.78, 5) is 16.1. The molecule has 0 aliphatic rings. The van der Waals surface area contributed by atoms with Gasteiger partial charge in [0.2, 0.25) is 14.9 Å². The Hall–Kier alpha value is -3.36. The second kappa shape index (κ2) is 9.64. The van der Waals surface area contributed by atoms with Gasteiger partial charge in [-0.3, -0.25) is 4.79 Å². The molecule has 0 N–H and O–H groups in total. The van der Waals surface area contributed by atoms with E-state index < -0.39 is 15.7 Å². The maximum atomic E-state index is 13.4. The molecule has 2 aromatic carbocycles. The van der Waals surface area contributed by atoms with Crippen LogP contribution in [0, 0.1) is 6.92 Å². The third-order valence-electron chi connectivity index (χ3n) is 4.99. The SMILES string of the molecule is CCOc1ccc(N(Cc2cccs2)C(=O)c2ccc(S(=O)(=O)c3ccc(C)cc3)o2)cc1. The van der Waals surface area contributed by atoms with Crippen molar-refractivity contribution < 1.29 is 22.4 Å². The Morgan fingerprint density at radius 3 is 2.36 bits per heavy atom. The van der Waals surface area contributed by atoms with Crippen molar-refractivity contribution in [2.45, 2.75) is 30.4 Å². The summed E-state index contributed by atoms with van der Waals surface area (Å²) in [5, 5.41) is 1.67. The summed E-state index contributed by atoms with van der Waals surface area (Å²) in [7, 11) is -3.87. The number of benzene rings is 2. The van der Waals surface area contributed by atoms with Gasteiger partial charge in [-0.2, -0.15) is 0 Å². The molecule has 8 heteroatoms. The van der Waals surface area contributed by atoms with E-state index in [4.69, 9.17) is 9.15 Å². The Morgan fingerprint density at radius 2 is 1.73 bits per heavy atom. The fourth-order valence-electron chi connectivity index (χ4n) is 3.27. The highest BCUT2D eigenvalue weighted by Gasteiger charge is 2.26. The minimum atomic E-state index is -3.87. The van der Waals surface area contributed by atoms with E-state index >= 15 is 0 Å². The van der Waals surface area contributed by atoms with E-state index in [1.54, 1.807) is 41.3 Å². The molecule has 4 rings (SSSR count). The van der Waals surface area contributed by atoms with Gasteiger partial charge >= 0.3 is 0 Å². The Bertz CT molecular complexity index is 1320. The molecule has 6 nitrogen and oxygen atoms in total. The number of nitrogens with zero attached hydrogens (tertiary/aromatic N) is 1. The third kappa shape index (κ3) is 5.02. The van der Waals surface area contributed by atoms with E-state index in [0.29, 0.717) is 24.6 Å². The number of hydrogen-bond donors (Lipinski definition) is 0. The lowest BCUT2D eigenvalue weighted by atomic mass is 10.2. The molecule has 0 spiro atoms. The number of thiophene rings is 1. The summed E-state index contributed by atoms with van der Waals surface area (Å²) in [6, 6.07) is 20.2. The number of sulfone groups is 1. The molecule has 170 valence electrons. The van der Waals surface area contributed by atoms with E-state index in [9.17, 15) is 13.2 Å². The Morgan fingerprint density at radius 1 is 1.00 bits per heavy atom. The van der Waals surface area contributed by atoms with E-state index in [2.05, 4.69) is 0 Å². The Labute approximate surface area is 197 Å². The van der Waals surface area contributed by atoms with Crippen LogP contribution in [0.15, 0.2) is 92.6 Å². The highest BCUT2D eigenvalue weighted by Crippen LogP contribution is 2.28. The molecule has 0 unspecified atom stereocenters. The van der Waals surface area contributed by atoms with Crippen LogP contribution in [0.3, 0.4) is 0 Å². The van der Waals surface area contributed by atoms with Crippen LogP contribution in [0.5, 0.6) is 5.75 Å². The van der Waals surface area contributed by atoms with E-state index in [0.717, 1.165) is 10.4 Å². The average molecular weight is 482 g/mol. The van der Waals surface area contributed by atoms with Crippen LogP contribution < -0.4 is 9.64 Å². The van der Waals surface area contributed by atoms with Crippen molar-refractivity contribution in [3.8, 4) is 5.75 Å². The van der Waals surface area contributed by atoms with Gasteiger partial charge in [0.15, 0.2) is 5.76 Å². The molecule has 0 fully saturated rings. The minimum Gasteiger partial charge on any atom is -0.494 e. The molecule has 0 saturated carbocycles. The number of carbonyl (C=O) groups is 1. The molecule has 0 saturated heterocycles. The number of ether oxygens (including phenoxy) is 1. The normalized spacial score (nSPS) is 11.3. The zero-order valence-corrected chi connectivity index (χ0v) is 19.9. The first-order valence-corrected chi connectivity index (χ1v) is 12.7. The monoisotopic (exact) mass is 481 g/mol. The number of hydrogen-bond acceptors (Lipinski definition) is 6. The molecule has 0 aliphatic heterocycles. The third-order valence-corrected chi connectivity index (χ3v) is 7.49. The molecular formula is C25H23NO5S2. The lowest BCUT2D eigenvalue weighted by Crippen LogP contribution is -2.29. The summed E-state index contributed by atoms with van der Waals surface area (Å²) < 4.78 is 37.0. The predicted octanol–water partition coefficient (Wildman–Crippen LogP) is 5.73. The van der Waals surface area contributed by atoms with Gasteiger partial charge in [0.25, 0.3) is 5.91 Å². The lowest BCUT2D eigenvalue weighted by molar-refractivity contribution is 0.0953. The molecule has 0 atom stereocenters.